The second-order valence-corrected chi connectivity index (χ2v) is 6.16. The summed E-state index contributed by atoms with van der Waals surface area (Å²) in [5.41, 5.74) is 0.558. The number of rotatable bonds is 5. The van der Waals surface area contributed by atoms with E-state index >= 15 is 0 Å². The molecule has 0 radical (unpaired) electrons. The summed E-state index contributed by atoms with van der Waals surface area (Å²) >= 11 is 0. The molecular weight excluding hydrogens is 286 g/mol. The molecule has 1 aliphatic heterocycles. The Bertz CT molecular complexity index is 499. The summed E-state index contributed by atoms with van der Waals surface area (Å²) < 4.78 is 26.2. The van der Waals surface area contributed by atoms with E-state index in [2.05, 4.69) is 24.1 Å². The Morgan fingerprint density at radius 2 is 1.95 bits per heavy atom. The van der Waals surface area contributed by atoms with Gasteiger partial charge in [0.05, 0.1) is 6.04 Å². The highest BCUT2D eigenvalue weighted by Gasteiger charge is 2.29. The molecule has 1 aromatic carbocycles. The van der Waals surface area contributed by atoms with Crippen LogP contribution in [0.15, 0.2) is 18.2 Å². The number of nitrogens with zero attached hydrogens (tertiary/aromatic N) is 1. The summed E-state index contributed by atoms with van der Waals surface area (Å²) in [6.45, 7) is 5.54. The van der Waals surface area contributed by atoms with Crippen molar-refractivity contribution in [1.82, 2.24) is 10.2 Å². The highest BCUT2D eigenvalue weighted by molar-refractivity contribution is 5.81. The second-order valence-electron chi connectivity index (χ2n) is 6.16. The summed E-state index contributed by atoms with van der Waals surface area (Å²) in [5.74, 6) is -1.15. The van der Waals surface area contributed by atoms with Crippen LogP contribution in [0.4, 0.5) is 8.78 Å². The lowest BCUT2D eigenvalue weighted by Gasteiger charge is -2.37. The Morgan fingerprint density at radius 3 is 2.59 bits per heavy atom. The zero-order chi connectivity index (χ0) is 16.1. The molecule has 1 saturated heterocycles. The van der Waals surface area contributed by atoms with E-state index in [4.69, 9.17) is 0 Å². The monoisotopic (exact) mass is 310 g/mol. The standard InChI is InChI=1S/C17H24F2N2O/c1-12(2)21-8-4-3-5-16(21)17(22)20-7-6-13-9-14(18)11-15(19)10-13/h9-12,16H,3-8H2,1-2H3,(H,20,22). The van der Waals surface area contributed by atoms with E-state index < -0.39 is 11.6 Å². The minimum atomic E-state index is -0.584. The van der Waals surface area contributed by atoms with Crippen LogP contribution in [0.1, 0.15) is 38.7 Å². The number of halogens is 2. The Kier molecular flexibility index (Phi) is 5.89. The van der Waals surface area contributed by atoms with Crippen LogP contribution in [0.2, 0.25) is 0 Å². The first kappa shape index (κ1) is 16.9. The molecule has 1 aromatic rings. The summed E-state index contributed by atoms with van der Waals surface area (Å²) in [6, 6.07) is 3.71. The minimum absolute atomic E-state index is 0.0188. The first-order chi connectivity index (χ1) is 10.5. The van der Waals surface area contributed by atoms with E-state index in [-0.39, 0.29) is 11.9 Å². The largest absolute Gasteiger partial charge is 0.354 e. The maximum absolute atomic E-state index is 13.1. The number of hydrogen-bond acceptors (Lipinski definition) is 2. The maximum Gasteiger partial charge on any atom is 0.237 e. The zero-order valence-corrected chi connectivity index (χ0v) is 13.2. The molecule has 0 aliphatic carbocycles. The van der Waals surface area contributed by atoms with Crippen LogP contribution in [0.5, 0.6) is 0 Å². The molecular formula is C17H24F2N2O. The Morgan fingerprint density at radius 1 is 1.27 bits per heavy atom. The molecule has 1 atom stereocenters. The highest BCUT2D eigenvalue weighted by Crippen LogP contribution is 2.19. The van der Waals surface area contributed by atoms with Gasteiger partial charge in [-0.2, -0.15) is 0 Å². The van der Waals surface area contributed by atoms with Gasteiger partial charge in [-0.25, -0.2) is 8.78 Å². The van der Waals surface area contributed by atoms with Crippen LogP contribution in [0.3, 0.4) is 0 Å². The van der Waals surface area contributed by atoms with E-state index in [0.717, 1.165) is 31.9 Å². The lowest BCUT2D eigenvalue weighted by atomic mass is 9.99. The van der Waals surface area contributed by atoms with Gasteiger partial charge in [-0.15, -0.1) is 0 Å². The van der Waals surface area contributed by atoms with Crippen molar-refractivity contribution in [3.05, 3.63) is 35.4 Å². The minimum Gasteiger partial charge on any atom is -0.354 e. The Hall–Kier alpha value is -1.49. The summed E-state index contributed by atoms with van der Waals surface area (Å²) in [6.07, 6.45) is 3.49. The molecule has 0 bridgehead atoms. The van der Waals surface area contributed by atoms with Crippen LogP contribution < -0.4 is 5.32 Å². The van der Waals surface area contributed by atoms with E-state index in [1.165, 1.54) is 12.1 Å². The van der Waals surface area contributed by atoms with Gasteiger partial charge in [0, 0.05) is 18.7 Å². The third kappa shape index (κ3) is 4.50. The van der Waals surface area contributed by atoms with E-state index in [0.29, 0.717) is 24.6 Å². The van der Waals surface area contributed by atoms with Gasteiger partial charge in [0.2, 0.25) is 5.91 Å². The predicted octanol–water partition coefficient (Wildman–Crippen LogP) is 2.89. The topological polar surface area (TPSA) is 32.3 Å². The van der Waals surface area contributed by atoms with Gasteiger partial charge in [0.25, 0.3) is 0 Å². The van der Waals surface area contributed by atoms with Gasteiger partial charge in [-0.1, -0.05) is 6.42 Å². The molecule has 0 aromatic heterocycles. The molecule has 0 spiro atoms. The number of carbonyl (C=O) groups excluding carboxylic acids is 1. The van der Waals surface area contributed by atoms with Crippen molar-refractivity contribution in [1.29, 1.82) is 0 Å². The van der Waals surface area contributed by atoms with Gasteiger partial charge < -0.3 is 5.32 Å². The first-order valence-electron chi connectivity index (χ1n) is 7.96. The van der Waals surface area contributed by atoms with Crippen molar-refractivity contribution >= 4 is 5.91 Å². The summed E-state index contributed by atoms with van der Waals surface area (Å²) in [5, 5.41) is 2.90. The van der Waals surface area contributed by atoms with Crippen LogP contribution >= 0.6 is 0 Å². The Labute approximate surface area is 130 Å². The molecule has 2 rings (SSSR count). The lowest BCUT2D eigenvalue weighted by Crippen LogP contribution is -2.52. The maximum atomic E-state index is 13.1. The molecule has 1 amide bonds. The molecule has 22 heavy (non-hydrogen) atoms. The molecule has 1 aliphatic rings. The quantitative estimate of drug-likeness (QED) is 0.907. The molecule has 5 heteroatoms. The van der Waals surface area contributed by atoms with Crippen molar-refractivity contribution in [3.8, 4) is 0 Å². The van der Waals surface area contributed by atoms with E-state index in [1.807, 2.05) is 0 Å². The second kappa shape index (κ2) is 7.68. The highest BCUT2D eigenvalue weighted by atomic mass is 19.1. The van der Waals surface area contributed by atoms with Crippen molar-refractivity contribution < 1.29 is 13.6 Å². The third-order valence-electron chi connectivity index (χ3n) is 4.15. The smallest absolute Gasteiger partial charge is 0.237 e. The fraction of sp³-hybridized carbons (Fsp3) is 0.588. The lowest BCUT2D eigenvalue weighted by molar-refractivity contribution is -0.128. The van der Waals surface area contributed by atoms with Crippen LogP contribution in [0.25, 0.3) is 0 Å². The SMILES string of the molecule is CC(C)N1CCCCC1C(=O)NCCc1cc(F)cc(F)c1. The van der Waals surface area contributed by atoms with Crippen LogP contribution in [0, 0.1) is 11.6 Å². The number of nitrogens with one attached hydrogen (secondary N) is 1. The van der Waals surface area contributed by atoms with Crippen LogP contribution in [-0.4, -0.2) is 36.0 Å². The predicted molar refractivity (Wildman–Crippen MR) is 82.6 cm³/mol. The first-order valence-corrected chi connectivity index (χ1v) is 7.96. The molecule has 1 unspecified atom stereocenters. The van der Waals surface area contributed by atoms with Crippen molar-refractivity contribution in [2.45, 2.75) is 51.6 Å². The Balaban J connectivity index is 1.86. The van der Waals surface area contributed by atoms with E-state index in [1.54, 1.807) is 0 Å². The van der Waals surface area contributed by atoms with Gasteiger partial charge in [-0.3, -0.25) is 9.69 Å². The zero-order valence-electron chi connectivity index (χ0n) is 13.2. The molecule has 1 heterocycles. The molecule has 3 nitrogen and oxygen atoms in total. The van der Waals surface area contributed by atoms with E-state index in [9.17, 15) is 13.6 Å². The van der Waals surface area contributed by atoms with Crippen LogP contribution in [-0.2, 0) is 11.2 Å². The van der Waals surface area contributed by atoms with Gasteiger partial charge in [0.1, 0.15) is 11.6 Å². The number of benzene rings is 1. The number of amides is 1. The molecule has 0 saturated carbocycles. The average molecular weight is 310 g/mol. The molecule has 1 N–H and O–H groups in total. The van der Waals surface area contributed by atoms with Gasteiger partial charge in [0.15, 0.2) is 0 Å². The van der Waals surface area contributed by atoms with Gasteiger partial charge >= 0.3 is 0 Å². The fourth-order valence-electron chi connectivity index (χ4n) is 3.06. The normalized spacial score (nSPS) is 19.4. The van der Waals surface area contributed by atoms with Crippen molar-refractivity contribution in [3.63, 3.8) is 0 Å². The summed E-state index contributed by atoms with van der Waals surface area (Å²) in [7, 11) is 0. The fourth-order valence-corrected chi connectivity index (χ4v) is 3.06. The summed E-state index contributed by atoms with van der Waals surface area (Å²) in [4.78, 5) is 14.6. The number of carbonyl (C=O) groups is 1. The van der Waals surface area contributed by atoms with Gasteiger partial charge in [-0.05, 0) is 57.4 Å². The van der Waals surface area contributed by atoms with Crippen molar-refractivity contribution in [2.24, 2.45) is 0 Å². The number of likely N-dealkylation sites (tertiary alicyclic amines) is 1. The molecule has 1 fully saturated rings. The third-order valence-corrected chi connectivity index (χ3v) is 4.15. The number of hydrogen-bond donors (Lipinski definition) is 1. The van der Waals surface area contributed by atoms with Crippen molar-refractivity contribution in [2.75, 3.05) is 13.1 Å². The average Bonchev–Trinajstić information content (AvgIpc) is 2.46. The molecule has 122 valence electrons. The number of piperidine rings is 1.